The fraction of sp³-hybridized carbons (Fsp3) is 0.231. The van der Waals surface area contributed by atoms with Gasteiger partial charge in [0.2, 0.25) is 5.95 Å². The molecule has 0 aliphatic carbocycles. The number of aromatic nitrogens is 2. The second kappa shape index (κ2) is 5.97. The number of anilines is 2. The standard InChI is InChI=1S/C13H17N5/c14-7-6-11-9-17-13(15)18-12(11)16-8-10-4-2-1-3-5-10/h1-5,9H,6-8,14H2,(H3,15,16,17,18). The lowest BCUT2D eigenvalue weighted by molar-refractivity contribution is 0.937. The SMILES string of the molecule is NCCc1cnc(N)nc1NCc1ccccc1. The Labute approximate surface area is 106 Å². The molecule has 0 unspecified atom stereocenters. The smallest absolute Gasteiger partial charge is 0.221 e. The van der Waals surface area contributed by atoms with Crippen molar-refractivity contribution in [2.45, 2.75) is 13.0 Å². The summed E-state index contributed by atoms with van der Waals surface area (Å²) in [5, 5.41) is 3.27. The van der Waals surface area contributed by atoms with Crippen LogP contribution in [0.15, 0.2) is 36.5 Å². The molecule has 0 atom stereocenters. The minimum absolute atomic E-state index is 0.270. The number of hydrogen-bond donors (Lipinski definition) is 3. The highest BCUT2D eigenvalue weighted by atomic mass is 15.1. The number of nitrogens with two attached hydrogens (primary N) is 2. The average molecular weight is 243 g/mol. The molecule has 0 saturated heterocycles. The topological polar surface area (TPSA) is 89.8 Å². The van der Waals surface area contributed by atoms with E-state index in [1.807, 2.05) is 18.2 Å². The third-order valence-corrected chi connectivity index (χ3v) is 2.60. The van der Waals surface area contributed by atoms with Gasteiger partial charge in [0, 0.05) is 18.3 Å². The molecular weight excluding hydrogens is 226 g/mol. The predicted octanol–water partition coefficient (Wildman–Crippen LogP) is 1.17. The molecule has 1 heterocycles. The summed E-state index contributed by atoms with van der Waals surface area (Å²) in [6.45, 7) is 1.27. The molecule has 0 bridgehead atoms. The van der Waals surface area contributed by atoms with Crippen LogP contribution in [-0.4, -0.2) is 16.5 Å². The molecule has 0 fully saturated rings. The van der Waals surface area contributed by atoms with Gasteiger partial charge < -0.3 is 16.8 Å². The van der Waals surface area contributed by atoms with Crippen LogP contribution in [0, 0.1) is 0 Å². The number of nitrogens with one attached hydrogen (secondary N) is 1. The van der Waals surface area contributed by atoms with Gasteiger partial charge in [-0.15, -0.1) is 0 Å². The van der Waals surface area contributed by atoms with Gasteiger partial charge in [-0.1, -0.05) is 30.3 Å². The van der Waals surface area contributed by atoms with Crippen LogP contribution in [0.5, 0.6) is 0 Å². The molecule has 1 aromatic carbocycles. The molecule has 2 rings (SSSR count). The van der Waals surface area contributed by atoms with Crippen molar-refractivity contribution >= 4 is 11.8 Å². The van der Waals surface area contributed by atoms with Crippen molar-refractivity contribution in [2.75, 3.05) is 17.6 Å². The lowest BCUT2D eigenvalue weighted by atomic mass is 10.2. The van der Waals surface area contributed by atoms with E-state index in [1.165, 1.54) is 5.56 Å². The van der Waals surface area contributed by atoms with Crippen LogP contribution >= 0.6 is 0 Å². The highest BCUT2D eigenvalue weighted by molar-refractivity contribution is 5.46. The first kappa shape index (κ1) is 12.3. The quantitative estimate of drug-likeness (QED) is 0.733. The van der Waals surface area contributed by atoms with Gasteiger partial charge in [0.25, 0.3) is 0 Å². The molecule has 0 amide bonds. The van der Waals surface area contributed by atoms with Crippen molar-refractivity contribution in [3.05, 3.63) is 47.7 Å². The number of benzene rings is 1. The Balaban J connectivity index is 2.10. The van der Waals surface area contributed by atoms with Gasteiger partial charge in [0.05, 0.1) is 0 Å². The molecular formula is C13H17N5. The zero-order valence-electron chi connectivity index (χ0n) is 10.1. The third kappa shape index (κ3) is 3.18. The maximum absolute atomic E-state index is 5.60. The maximum atomic E-state index is 5.60. The lowest BCUT2D eigenvalue weighted by Gasteiger charge is -2.10. The Hall–Kier alpha value is -2.14. The normalized spacial score (nSPS) is 10.3. The first-order chi connectivity index (χ1) is 8.79. The molecule has 5 nitrogen and oxygen atoms in total. The fourth-order valence-corrected chi connectivity index (χ4v) is 1.69. The summed E-state index contributed by atoms with van der Waals surface area (Å²) in [4.78, 5) is 8.19. The van der Waals surface area contributed by atoms with Gasteiger partial charge in [-0.05, 0) is 18.5 Å². The minimum atomic E-state index is 0.270. The average Bonchev–Trinajstić information content (AvgIpc) is 2.40. The second-order valence-electron chi connectivity index (χ2n) is 3.98. The van der Waals surface area contributed by atoms with Crippen LogP contribution in [0.1, 0.15) is 11.1 Å². The number of nitrogen functional groups attached to an aromatic ring is 1. The van der Waals surface area contributed by atoms with E-state index in [2.05, 4.69) is 27.4 Å². The molecule has 94 valence electrons. The number of hydrogen-bond acceptors (Lipinski definition) is 5. The molecule has 0 aliphatic rings. The van der Waals surface area contributed by atoms with Crippen molar-refractivity contribution in [3.8, 4) is 0 Å². The van der Waals surface area contributed by atoms with Crippen molar-refractivity contribution < 1.29 is 0 Å². The van der Waals surface area contributed by atoms with Gasteiger partial charge >= 0.3 is 0 Å². The molecule has 0 radical (unpaired) electrons. The van der Waals surface area contributed by atoms with Crippen LogP contribution in [0.4, 0.5) is 11.8 Å². The van der Waals surface area contributed by atoms with E-state index < -0.39 is 0 Å². The summed E-state index contributed by atoms with van der Waals surface area (Å²) in [6, 6.07) is 10.1. The molecule has 0 spiro atoms. The largest absolute Gasteiger partial charge is 0.368 e. The highest BCUT2D eigenvalue weighted by Gasteiger charge is 2.05. The van der Waals surface area contributed by atoms with E-state index in [-0.39, 0.29) is 5.95 Å². The Morgan fingerprint density at radius 1 is 1.17 bits per heavy atom. The zero-order valence-corrected chi connectivity index (χ0v) is 10.1. The Bertz CT molecular complexity index is 498. The third-order valence-electron chi connectivity index (χ3n) is 2.60. The monoisotopic (exact) mass is 243 g/mol. The Morgan fingerprint density at radius 3 is 2.67 bits per heavy atom. The van der Waals surface area contributed by atoms with Gasteiger partial charge in [-0.2, -0.15) is 4.98 Å². The molecule has 0 saturated carbocycles. The van der Waals surface area contributed by atoms with Gasteiger partial charge in [0.15, 0.2) is 0 Å². The van der Waals surface area contributed by atoms with E-state index in [0.717, 1.165) is 17.8 Å². The number of nitrogens with zero attached hydrogens (tertiary/aromatic N) is 2. The molecule has 1 aromatic heterocycles. The Morgan fingerprint density at radius 2 is 1.94 bits per heavy atom. The lowest BCUT2D eigenvalue weighted by Crippen LogP contribution is -2.11. The van der Waals surface area contributed by atoms with Crippen LogP contribution in [0.2, 0.25) is 0 Å². The minimum Gasteiger partial charge on any atom is -0.368 e. The van der Waals surface area contributed by atoms with Crippen LogP contribution in [0.3, 0.4) is 0 Å². The van der Waals surface area contributed by atoms with Crippen molar-refractivity contribution in [1.29, 1.82) is 0 Å². The summed E-state index contributed by atoms with van der Waals surface area (Å²) < 4.78 is 0. The predicted molar refractivity (Wildman–Crippen MR) is 73.0 cm³/mol. The first-order valence-electron chi connectivity index (χ1n) is 5.89. The molecule has 5 N–H and O–H groups in total. The summed E-state index contributed by atoms with van der Waals surface area (Å²) in [5.74, 6) is 1.03. The summed E-state index contributed by atoms with van der Waals surface area (Å²) in [7, 11) is 0. The second-order valence-corrected chi connectivity index (χ2v) is 3.98. The van der Waals surface area contributed by atoms with Crippen LogP contribution in [0.25, 0.3) is 0 Å². The maximum Gasteiger partial charge on any atom is 0.221 e. The molecule has 18 heavy (non-hydrogen) atoms. The van der Waals surface area contributed by atoms with Gasteiger partial charge in [-0.3, -0.25) is 0 Å². The number of rotatable bonds is 5. The van der Waals surface area contributed by atoms with Gasteiger partial charge in [0.1, 0.15) is 5.82 Å². The van der Waals surface area contributed by atoms with E-state index in [4.69, 9.17) is 11.5 Å². The van der Waals surface area contributed by atoms with Crippen molar-refractivity contribution in [1.82, 2.24) is 9.97 Å². The summed E-state index contributed by atoms with van der Waals surface area (Å²) in [6.07, 6.45) is 2.46. The van der Waals surface area contributed by atoms with E-state index >= 15 is 0 Å². The summed E-state index contributed by atoms with van der Waals surface area (Å²) >= 11 is 0. The summed E-state index contributed by atoms with van der Waals surface area (Å²) in [5.41, 5.74) is 13.3. The highest BCUT2D eigenvalue weighted by Crippen LogP contribution is 2.14. The van der Waals surface area contributed by atoms with Crippen LogP contribution in [-0.2, 0) is 13.0 Å². The van der Waals surface area contributed by atoms with Crippen molar-refractivity contribution in [2.24, 2.45) is 5.73 Å². The van der Waals surface area contributed by atoms with E-state index in [1.54, 1.807) is 6.20 Å². The molecule has 5 heteroatoms. The van der Waals surface area contributed by atoms with Gasteiger partial charge in [-0.25, -0.2) is 4.98 Å². The zero-order chi connectivity index (χ0) is 12.8. The fourth-order valence-electron chi connectivity index (χ4n) is 1.69. The van der Waals surface area contributed by atoms with E-state index in [9.17, 15) is 0 Å². The van der Waals surface area contributed by atoms with E-state index in [0.29, 0.717) is 13.1 Å². The first-order valence-corrected chi connectivity index (χ1v) is 5.89. The van der Waals surface area contributed by atoms with Crippen LogP contribution < -0.4 is 16.8 Å². The molecule has 0 aliphatic heterocycles. The molecule has 2 aromatic rings. The van der Waals surface area contributed by atoms with Crippen molar-refractivity contribution in [3.63, 3.8) is 0 Å². The Kier molecular flexibility index (Phi) is 4.09.